The molecule has 0 bridgehead atoms. The Morgan fingerprint density at radius 3 is 2.92 bits per heavy atom. The summed E-state index contributed by atoms with van der Waals surface area (Å²) in [5.74, 6) is -0.326. The molecule has 0 saturated carbocycles. The van der Waals surface area contributed by atoms with E-state index in [1.54, 1.807) is 6.07 Å². The van der Waals surface area contributed by atoms with Crippen molar-refractivity contribution in [2.24, 2.45) is 5.73 Å². The maximum atomic E-state index is 13.1. The molecule has 0 radical (unpaired) electrons. The second-order valence-corrected chi connectivity index (χ2v) is 3.53. The van der Waals surface area contributed by atoms with Gasteiger partial charge < -0.3 is 11.5 Å². The average molecular weight is 180 g/mol. The minimum atomic E-state index is -0.326. The quantitative estimate of drug-likeness (QED) is 0.597. The SMILES string of the molecule is Nc1c(F)ccc2c1CCCC2N. The predicted octanol–water partition coefficient (Wildman–Crippen LogP) is 1.74. The van der Waals surface area contributed by atoms with Crippen LogP contribution in [-0.2, 0) is 6.42 Å². The van der Waals surface area contributed by atoms with E-state index in [-0.39, 0.29) is 17.5 Å². The van der Waals surface area contributed by atoms with Gasteiger partial charge in [0.25, 0.3) is 0 Å². The second-order valence-electron chi connectivity index (χ2n) is 3.53. The lowest BCUT2D eigenvalue weighted by Gasteiger charge is -2.23. The molecular formula is C10H13FN2. The number of anilines is 1. The van der Waals surface area contributed by atoms with Gasteiger partial charge in [0.1, 0.15) is 5.82 Å². The fraction of sp³-hybridized carbons (Fsp3) is 0.400. The highest BCUT2D eigenvalue weighted by Gasteiger charge is 2.19. The number of benzene rings is 1. The Morgan fingerprint density at radius 1 is 1.38 bits per heavy atom. The summed E-state index contributed by atoms with van der Waals surface area (Å²) in [4.78, 5) is 0. The Balaban J connectivity index is 2.56. The minimum Gasteiger partial charge on any atom is -0.396 e. The van der Waals surface area contributed by atoms with Crippen molar-refractivity contribution in [3.05, 3.63) is 29.1 Å². The van der Waals surface area contributed by atoms with E-state index in [1.165, 1.54) is 6.07 Å². The Hall–Kier alpha value is -1.09. The van der Waals surface area contributed by atoms with Crippen LogP contribution in [0, 0.1) is 5.82 Å². The van der Waals surface area contributed by atoms with E-state index in [0.717, 1.165) is 30.4 Å². The maximum Gasteiger partial charge on any atom is 0.146 e. The summed E-state index contributed by atoms with van der Waals surface area (Å²) in [5, 5.41) is 0. The normalized spacial score (nSPS) is 21.2. The first-order chi connectivity index (χ1) is 6.20. The van der Waals surface area contributed by atoms with Crippen molar-refractivity contribution in [3.8, 4) is 0 Å². The third kappa shape index (κ3) is 1.29. The maximum absolute atomic E-state index is 13.1. The van der Waals surface area contributed by atoms with E-state index in [0.29, 0.717) is 0 Å². The summed E-state index contributed by atoms with van der Waals surface area (Å²) < 4.78 is 13.1. The molecule has 1 aromatic rings. The first-order valence-corrected chi connectivity index (χ1v) is 4.52. The number of hydrogen-bond acceptors (Lipinski definition) is 2. The van der Waals surface area contributed by atoms with Crippen LogP contribution in [0.25, 0.3) is 0 Å². The number of nitrogen functional groups attached to an aromatic ring is 1. The fourth-order valence-corrected chi connectivity index (χ4v) is 1.93. The van der Waals surface area contributed by atoms with E-state index >= 15 is 0 Å². The van der Waals surface area contributed by atoms with Crippen molar-refractivity contribution >= 4 is 5.69 Å². The van der Waals surface area contributed by atoms with Crippen LogP contribution in [0.2, 0.25) is 0 Å². The van der Waals surface area contributed by atoms with Crippen molar-refractivity contribution in [3.63, 3.8) is 0 Å². The lowest BCUT2D eigenvalue weighted by molar-refractivity contribution is 0.563. The highest BCUT2D eigenvalue weighted by molar-refractivity contribution is 5.53. The largest absolute Gasteiger partial charge is 0.396 e. The third-order valence-corrected chi connectivity index (χ3v) is 2.68. The monoisotopic (exact) mass is 180 g/mol. The van der Waals surface area contributed by atoms with Gasteiger partial charge in [-0.2, -0.15) is 0 Å². The summed E-state index contributed by atoms with van der Waals surface area (Å²) in [5.41, 5.74) is 13.7. The summed E-state index contributed by atoms with van der Waals surface area (Å²) in [7, 11) is 0. The highest BCUT2D eigenvalue weighted by atomic mass is 19.1. The Bertz CT molecular complexity index is 336. The molecule has 2 nitrogen and oxygen atoms in total. The first kappa shape index (κ1) is 8.51. The van der Waals surface area contributed by atoms with Gasteiger partial charge in [-0.05, 0) is 36.5 Å². The molecule has 0 heterocycles. The van der Waals surface area contributed by atoms with E-state index in [9.17, 15) is 4.39 Å². The van der Waals surface area contributed by atoms with Crippen LogP contribution < -0.4 is 11.5 Å². The Labute approximate surface area is 76.7 Å². The molecule has 1 unspecified atom stereocenters. The Kier molecular flexibility index (Phi) is 1.96. The molecule has 13 heavy (non-hydrogen) atoms. The standard InChI is InChI=1S/C10H13FN2/c11-8-5-4-6-7(10(8)13)2-1-3-9(6)12/h4-5,9H,1-3,12-13H2. The molecule has 4 N–H and O–H groups in total. The van der Waals surface area contributed by atoms with E-state index < -0.39 is 0 Å². The molecule has 1 atom stereocenters. The number of halogens is 1. The van der Waals surface area contributed by atoms with Crippen molar-refractivity contribution in [2.45, 2.75) is 25.3 Å². The molecule has 70 valence electrons. The molecule has 0 spiro atoms. The lowest BCUT2D eigenvalue weighted by Crippen LogP contribution is -2.19. The van der Waals surface area contributed by atoms with E-state index in [4.69, 9.17) is 11.5 Å². The van der Waals surface area contributed by atoms with E-state index in [1.807, 2.05) is 0 Å². The van der Waals surface area contributed by atoms with Crippen LogP contribution in [0.4, 0.5) is 10.1 Å². The van der Waals surface area contributed by atoms with Gasteiger partial charge in [0, 0.05) is 6.04 Å². The number of nitrogens with two attached hydrogens (primary N) is 2. The zero-order chi connectivity index (χ0) is 9.42. The van der Waals surface area contributed by atoms with Gasteiger partial charge in [-0.25, -0.2) is 4.39 Å². The molecule has 1 aromatic carbocycles. The molecule has 1 aliphatic carbocycles. The average Bonchev–Trinajstić information content (AvgIpc) is 2.12. The van der Waals surface area contributed by atoms with Crippen LogP contribution in [0.5, 0.6) is 0 Å². The van der Waals surface area contributed by atoms with Crippen molar-refractivity contribution in [1.29, 1.82) is 0 Å². The smallest absolute Gasteiger partial charge is 0.146 e. The molecule has 2 rings (SSSR count). The topological polar surface area (TPSA) is 52.0 Å². The zero-order valence-corrected chi connectivity index (χ0v) is 7.39. The van der Waals surface area contributed by atoms with Crippen molar-refractivity contribution < 1.29 is 4.39 Å². The molecule has 0 fully saturated rings. The first-order valence-electron chi connectivity index (χ1n) is 4.52. The van der Waals surface area contributed by atoms with Crippen LogP contribution in [0.3, 0.4) is 0 Å². The predicted molar refractivity (Wildman–Crippen MR) is 50.7 cm³/mol. The lowest BCUT2D eigenvalue weighted by atomic mass is 9.87. The highest BCUT2D eigenvalue weighted by Crippen LogP contribution is 2.32. The second kappa shape index (κ2) is 3.00. The summed E-state index contributed by atoms with van der Waals surface area (Å²) in [6, 6.07) is 3.19. The molecule has 3 heteroatoms. The fourth-order valence-electron chi connectivity index (χ4n) is 1.93. The minimum absolute atomic E-state index is 0.0339. The molecule has 0 saturated heterocycles. The van der Waals surface area contributed by atoms with Crippen molar-refractivity contribution in [2.75, 3.05) is 5.73 Å². The van der Waals surface area contributed by atoms with Crippen LogP contribution in [0.1, 0.15) is 30.0 Å². The number of hydrogen-bond donors (Lipinski definition) is 2. The van der Waals surface area contributed by atoms with Crippen LogP contribution in [0.15, 0.2) is 12.1 Å². The van der Waals surface area contributed by atoms with Crippen LogP contribution >= 0.6 is 0 Å². The van der Waals surface area contributed by atoms with Gasteiger partial charge in [-0.3, -0.25) is 0 Å². The molecule has 0 aromatic heterocycles. The number of fused-ring (bicyclic) bond motifs is 1. The van der Waals surface area contributed by atoms with Gasteiger partial charge in [-0.1, -0.05) is 6.07 Å². The van der Waals surface area contributed by atoms with Gasteiger partial charge in [0.05, 0.1) is 5.69 Å². The molecule has 1 aliphatic rings. The van der Waals surface area contributed by atoms with Crippen LogP contribution in [-0.4, -0.2) is 0 Å². The van der Waals surface area contributed by atoms with Gasteiger partial charge >= 0.3 is 0 Å². The van der Waals surface area contributed by atoms with Gasteiger partial charge in [-0.15, -0.1) is 0 Å². The molecular weight excluding hydrogens is 167 g/mol. The molecule has 0 amide bonds. The third-order valence-electron chi connectivity index (χ3n) is 2.68. The number of rotatable bonds is 0. The summed E-state index contributed by atoms with van der Waals surface area (Å²) in [6.45, 7) is 0. The molecule has 0 aliphatic heterocycles. The van der Waals surface area contributed by atoms with E-state index in [2.05, 4.69) is 0 Å². The van der Waals surface area contributed by atoms with Gasteiger partial charge in [0.2, 0.25) is 0 Å². The zero-order valence-electron chi connectivity index (χ0n) is 7.39. The van der Waals surface area contributed by atoms with Gasteiger partial charge in [0.15, 0.2) is 0 Å². The summed E-state index contributed by atoms with van der Waals surface area (Å²) >= 11 is 0. The Morgan fingerprint density at radius 2 is 2.15 bits per heavy atom. The van der Waals surface area contributed by atoms with Crippen molar-refractivity contribution in [1.82, 2.24) is 0 Å². The summed E-state index contributed by atoms with van der Waals surface area (Å²) in [6.07, 6.45) is 2.83.